The van der Waals surface area contributed by atoms with Crippen LogP contribution in [0.3, 0.4) is 0 Å². The molecule has 0 bridgehead atoms. The Morgan fingerprint density at radius 1 is 0.455 bits per heavy atom. The highest BCUT2D eigenvalue weighted by atomic mass is 35.5. The molecule has 8 heterocycles. The van der Waals surface area contributed by atoms with Crippen LogP contribution in [0.1, 0.15) is 63.8 Å². The van der Waals surface area contributed by atoms with Gasteiger partial charge in [0.25, 0.3) is 16.7 Å². The number of anilines is 5. The van der Waals surface area contributed by atoms with Gasteiger partial charge in [0.2, 0.25) is 34.9 Å². The first-order valence-electron chi connectivity index (χ1n) is 32.2. The van der Waals surface area contributed by atoms with E-state index in [4.69, 9.17) is 102 Å². The quantitative estimate of drug-likeness (QED) is 0.0285. The molecular formula is C74H65BCl3N25O7. The van der Waals surface area contributed by atoms with Gasteiger partial charge in [-0.05, 0) is 93.1 Å². The molecule has 0 aliphatic carbocycles. The number of nitrogens with two attached hydrogens (primary N) is 4. The summed E-state index contributed by atoms with van der Waals surface area (Å²) in [5.74, 6) is 2.06. The maximum atomic E-state index is 14.1. The lowest BCUT2D eigenvalue weighted by atomic mass is 9.83. The fourth-order valence-corrected chi connectivity index (χ4v) is 11.2. The Labute approximate surface area is 642 Å². The van der Waals surface area contributed by atoms with Crippen LogP contribution in [0.5, 0.6) is 12.0 Å². The summed E-state index contributed by atoms with van der Waals surface area (Å²) in [6.07, 6.45) is 9.78. The molecule has 8 aromatic heterocycles. The highest BCUT2D eigenvalue weighted by Gasteiger charge is 2.25. The normalized spacial score (nSPS) is 11.2. The fourth-order valence-electron chi connectivity index (χ4n) is 10.5. The number of methoxy groups -OCH3 is 2. The molecule has 0 amide bonds. The van der Waals surface area contributed by atoms with Crippen molar-refractivity contribution in [1.29, 1.82) is 0 Å². The molecular weight excluding hydrogens is 1470 g/mol. The van der Waals surface area contributed by atoms with Gasteiger partial charge in [0.05, 0.1) is 112 Å². The Balaban J connectivity index is 0.000000170. The topological polar surface area (TPSA) is 434 Å². The van der Waals surface area contributed by atoms with Crippen LogP contribution in [0.4, 0.5) is 46.5 Å². The minimum absolute atomic E-state index is 0. The van der Waals surface area contributed by atoms with E-state index in [9.17, 15) is 14.4 Å². The minimum atomic E-state index is -1.53. The Kier molecular flexibility index (Phi) is 26.8. The van der Waals surface area contributed by atoms with Gasteiger partial charge in [-0.1, -0.05) is 121 Å². The van der Waals surface area contributed by atoms with Crippen molar-refractivity contribution in [2.24, 2.45) is 5.73 Å². The Hall–Kier alpha value is -14.0. The molecule has 36 heteroatoms. The number of hydrogen-bond donors (Lipinski definition) is 8. The lowest BCUT2D eigenvalue weighted by molar-refractivity contribution is 0.379. The monoisotopic (exact) mass is 1530 g/mol. The minimum Gasteiger partial charge on any atom is -0.467 e. The van der Waals surface area contributed by atoms with E-state index >= 15 is 0 Å². The van der Waals surface area contributed by atoms with Crippen molar-refractivity contribution >= 4 is 127 Å². The van der Waals surface area contributed by atoms with E-state index in [0.717, 1.165) is 5.69 Å². The zero-order chi connectivity index (χ0) is 78.0. The van der Waals surface area contributed by atoms with Gasteiger partial charge in [-0.25, -0.2) is 79.3 Å². The first-order chi connectivity index (χ1) is 52.6. The van der Waals surface area contributed by atoms with Crippen LogP contribution in [-0.4, -0.2) is 110 Å². The number of benzene rings is 6. The molecule has 0 saturated carbocycles. The van der Waals surface area contributed by atoms with Gasteiger partial charge in [-0.3, -0.25) is 28.1 Å². The summed E-state index contributed by atoms with van der Waals surface area (Å²) in [5.41, 5.74) is 27.6. The second kappa shape index (κ2) is 36.8. The molecule has 0 fully saturated rings. The molecule has 0 radical (unpaired) electrons. The van der Waals surface area contributed by atoms with Crippen LogP contribution in [0.15, 0.2) is 203 Å². The lowest BCUT2D eigenvalue weighted by Gasteiger charge is -2.21. The highest BCUT2D eigenvalue weighted by molar-refractivity contribution is 6.58. The standard InChI is InChI=1S/C26H21N9O2.C21H16ClN7O.C16H14ClN3O.C5H7BN2O3.C5H3ClN4.CH4/c1-15(32-22-20(28-2)14-29-25(27)34-22)23-33-19-11-7-10-18(16-12-30-26(37-3)31-13-16)21(19)24(36)35(23)17-8-5-4-6-9-17;1-12(26-18-16(24-2)11-25-21(23)28-18)19-27-15-10-6-9-14(22)17(15)20(30)29(19)13-7-4-3-5-8-13;1-10(18)15-19-13-9-5-8-12(17)14(13)16(21)20(15)11-6-3-2-4-7-11;1-11-5-7-2-4(3-8-5)6(9)10;1-8-3-2-9-5(7)10-4(3)6;/h4-15H,1,3H3,(H3,27,29,32,34);3-12H,1H3,(H3,23,25,26,28);2-10H,18H2,1H3;2-3,9-10H,1H3;2H,(H2,7,9,10);1H4/t15-;12-;10-;;;/m000.../s1. The number of para-hydroxylation sites is 3. The summed E-state index contributed by atoms with van der Waals surface area (Å²) in [6, 6.07) is 42.6. The molecule has 110 heavy (non-hydrogen) atoms. The SMILES string of the molecule is C.COc1ncc(B(O)O)cn1.C[C@H](N)c1nc2cccc(Cl)c2c(=O)n1-c1ccccc1.[C-]#[N+]c1cnc(N)nc1Cl.[C-]#[N+]c1cnc(N)nc1N[C@@H](C)c1nc2cccc(-c3cnc(OC)nc3)c2c(=O)n1-c1ccccc1.[C-]#[N+]c1cnc(N)nc1N[C@@H](C)c1nc2cccc(Cl)c2c(=O)n1-c1ccccc1. The number of halogens is 3. The average Bonchev–Trinajstić information content (AvgIpc) is 0.764. The van der Waals surface area contributed by atoms with Gasteiger partial charge < -0.3 is 53.1 Å². The molecule has 32 nitrogen and oxygen atoms in total. The van der Waals surface area contributed by atoms with Crippen molar-refractivity contribution in [3.8, 4) is 40.2 Å². The molecule has 12 N–H and O–H groups in total. The third kappa shape index (κ3) is 18.6. The molecule has 14 rings (SSSR count). The van der Waals surface area contributed by atoms with Gasteiger partial charge in [-0.2, -0.15) is 0 Å². The van der Waals surface area contributed by atoms with Crippen LogP contribution in [0.25, 0.3) is 75.4 Å². The average molecular weight is 1530 g/mol. The maximum absolute atomic E-state index is 14.1. The van der Waals surface area contributed by atoms with E-state index in [1.165, 1.54) is 54.3 Å². The summed E-state index contributed by atoms with van der Waals surface area (Å²) in [6.45, 7) is 26.8. The molecule has 0 spiro atoms. The summed E-state index contributed by atoms with van der Waals surface area (Å²) in [4.78, 5) is 103. The van der Waals surface area contributed by atoms with E-state index in [1.54, 1.807) is 66.3 Å². The lowest BCUT2D eigenvalue weighted by Crippen LogP contribution is -2.30. The van der Waals surface area contributed by atoms with Crippen LogP contribution in [0.2, 0.25) is 15.2 Å². The molecule has 0 aliphatic rings. The van der Waals surface area contributed by atoms with Crippen molar-refractivity contribution in [2.75, 3.05) is 42.1 Å². The zero-order valence-corrected chi connectivity index (χ0v) is 60.4. The van der Waals surface area contributed by atoms with Crippen molar-refractivity contribution < 1.29 is 19.5 Å². The van der Waals surface area contributed by atoms with Gasteiger partial charge >= 0.3 is 19.1 Å². The molecule has 0 aliphatic heterocycles. The summed E-state index contributed by atoms with van der Waals surface area (Å²) >= 11 is 18.0. The smallest absolute Gasteiger partial charge is 0.467 e. The van der Waals surface area contributed by atoms with E-state index in [-0.39, 0.29) is 99.3 Å². The fraction of sp³-hybridized carbons (Fsp3) is 0.122. The second-order valence-corrected chi connectivity index (χ2v) is 24.0. The third-order valence-electron chi connectivity index (χ3n) is 15.5. The first-order valence-corrected chi connectivity index (χ1v) is 33.4. The molecule has 6 aromatic carbocycles. The third-order valence-corrected chi connectivity index (χ3v) is 16.4. The highest BCUT2D eigenvalue weighted by Crippen LogP contribution is 2.33. The van der Waals surface area contributed by atoms with Crippen LogP contribution >= 0.6 is 34.8 Å². The van der Waals surface area contributed by atoms with Crippen LogP contribution < -0.4 is 65.2 Å². The van der Waals surface area contributed by atoms with E-state index in [0.29, 0.717) is 82.7 Å². The summed E-state index contributed by atoms with van der Waals surface area (Å²) < 4.78 is 14.3. The van der Waals surface area contributed by atoms with Crippen molar-refractivity contribution in [3.05, 3.63) is 287 Å². The van der Waals surface area contributed by atoms with Gasteiger partial charge in [-0.15, -0.1) is 0 Å². The van der Waals surface area contributed by atoms with Crippen molar-refractivity contribution in [2.45, 2.75) is 46.3 Å². The molecule has 3 atom stereocenters. The molecule has 0 saturated heterocycles. The maximum Gasteiger partial charge on any atom is 0.491 e. The molecule has 14 aromatic rings. The Morgan fingerprint density at radius 2 is 0.809 bits per heavy atom. The summed E-state index contributed by atoms with van der Waals surface area (Å²) in [5, 5.41) is 25.6. The van der Waals surface area contributed by atoms with E-state index < -0.39 is 19.2 Å². The number of ether oxygens (including phenoxy) is 2. The number of nitrogen functional groups attached to an aromatic ring is 3. The number of aromatic nitrogens is 16. The van der Waals surface area contributed by atoms with Crippen molar-refractivity contribution in [1.82, 2.24) is 78.5 Å². The van der Waals surface area contributed by atoms with Gasteiger partial charge in [0.1, 0.15) is 34.3 Å². The van der Waals surface area contributed by atoms with Gasteiger partial charge in [0.15, 0.2) is 0 Å². The zero-order valence-electron chi connectivity index (χ0n) is 58.1. The molecule has 552 valence electrons. The van der Waals surface area contributed by atoms with Crippen LogP contribution in [-0.2, 0) is 0 Å². The number of nitrogens with zero attached hydrogens (tertiary/aromatic N) is 19. The summed E-state index contributed by atoms with van der Waals surface area (Å²) in [7, 11) is 1.40. The van der Waals surface area contributed by atoms with Gasteiger partial charge in [0, 0.05) is 54.4 Å². The molecule has 0 unspecified atom stereocenters. The van der Waals surface area contributed by atoms with Crippen LogP contribution in [0, 0.1) is 19.7 Å². The second-order valence-electron chi connectivity index (χ2n) is 22.8. The Bertz CT molecular complexity index is 5940. The number of fused-ring (bicyclic) bond motifs is 3. The van der Waals surface area contributed by atoms with E-state index in [2.05, 4.69) is 84.7 Å². The number of nitrogens with one attached hydrogen (secondary N) is 2. The van der Waals surface area contributed by atoms with Crippen molar-refractivity contribution in [3.63, 3.8) is 0 Å². The predicted octanol–water partition coefficient (Wildman–Crippen LogP) is 11.2. The largest absolute Gasteiger partial charge is 0.491 e. The Morgan fingerprint density at radius 3 is 1.19 bits per heavy atom. The van der Waals surface area contributed by atoms with E-state index in [1.807, 2.05) is 117 Å². The first kappa shape index (κ1) is 80.1. The number of hydrogen-bond acceptors (Lipinski definition) is 26. The number of rotatable bonds is 14. The predicted molar refractivity (Wildman–Crippen MR) is 425 cm³/mol.